The first-order valence-electron chi connectivity index (χ1n) is 5.88. The van der Waals surface area contributed by atoms with Crippen molar-refractivity contribution in [3.8, 4) is 0 Å². The highest BCUT2D eigenvalue weighted by molar-refractivity contribution is 5.92. The minimum atomic E-state index is -0.450. The fraction of sp³-hybridized carbons (Fsp3) is 0.500. The maximum Gasteiger partial charge on any atom is 0.270 e. The molecule has 4 N–H and O–H groups in total. The molecule has 1 aromatic heterocycles. The molecule has 0 bridgehead atoms. The lowest BCUT2D eigenvalue weighted by atomic mass is 9.92. The van der Waals surface area contributed by atoms with Crippen LogP contribution in [0.5, 0.6) is 0 Å². The molecule has 1 aromatic rings. The first kappa shape index (κ1) is 11.9. The van der Waals surface area contributed by atoms with E-state index in [4.69, 9.17) is 5.73 Å². The molecule has 1 amide bonds. The van der Waals surface area contributed by atoms with Crippen molar-refractivity contribution in [3.63, 3.8) is 0 Å². The molecule has 17 heavy (non-hydrogen) atoms. The molecule has 0 spiro atoms. The molecule has 0 aliphatic heterocycles. The van der Waals surface area contributed by atoms with E-state index in [0.29, 0.717) is 11.5 Å². The fourth-order valence-corrected chi connectivity index (χ4v) is 2.10. The van der Waals surface area contributed by atoms with E-state index in [-0.39, 0.29) is 11.9 Å². The van der Waals surface area contributed by atoms with Gasteiger partial charge >= 0.3 is 0 Å². The van der Waals surface area contributed by atoms with Crippen LogP contribution in [0.15, 0.2) is 18.2 Å². The summed E-state index contributed by atoms with van der Waals surface area (Å²) in [5.41, 5.74) is 5.81. The van der Waals surface area contributed by atoms with Crippen LogP contribution in [0.2, 0.25) is 0 Å². The highest BCUT2D eigenvalue weighted by Crippen LogP contribution is 2.18. The van der Waals surface area contributed by atoms with Crippen LogP contribution in [0.1, 0.15) is 36.2 Å². The molecule has 1 aliphatic rings. The van der Waals surface area contributed by atoms with Crippen LogP contribution in [0.4, 0.5) is 5.82 Å². The van der Waals surface area contributed by atoms with Crippen LogP contribution in [0.3, 0.4) is 0 Å². The maximum absolute atomic E-state index is 11.9. The lowest BCUT2D eigenvalue weighted by Crippen LogP contribution is -2.45. The number of amides is 1. The Kier molecular flexibility index (Phi) is 3.58. The molecule has 1 fully saturated rings. The summed E-state index contributed by atoms with van der Waals surface area (Å²) in [5, 5.41) is 12.6. The van der Waals surface area contributed by atoms with E-state index in [1.54, 1.807) is 18.2 Å². The van der Waals surface area contributed by atoms with E-state index < -0.39 is 6.10 Å². The molecule has 5 nitrogen and oxygen atoms in total. The van der Waals surface area contributed by atoms with Crippen molar-refractivity contribution in [2.75, 3.05) is 5.73 Å². The summed E-state index contributed by atoms with van der Waals surface area (Å²) in [6.07, 6.45) is 3.16. The number of carbonyl (C=O) groups is 1. The quantitative estimate of drug-likeness (QED) is 0.704. The van der Waals surface area contributed by atoms with Crippen molar-refractivity contribution >= 4 is 11.7 Å². The second-order valence-electron chi connectivity index (χ2n) is 4.38. The van der Waals surface area contributed by atoms with E-state index in [1.807, 2.05) is 0 Å². The average molecular weight is 235 g/mol. The monoisotopic (exact) mass is 235 g/mol. The van der Waals surface area contributed by atoms with Gasteiger partial charge in [0.2, 0.25) is 0 Å². The molecule has 0 aromatic carbocycles. The largest absolute Gasteiger partial charge is 0.391 e. The molecule has 0 saturated heterocycles. The molecule has 2 unspecified atom stereocenters. The Bertz CT molecular complexity index is 408. The second kappa shape index (κ2) is 5.14. The zero-order valence-electron chi connectivity index (χ0n) is 9.60. The number of nitrogen functional groups attached to an aromatic ring is 1. The zero-order valence-corrected chi connectivity index (χ0v) is 9.60. The predicted octanol–water partition coefficient (Wildman–Crippen LogP) is 0.697. The normalized spacial score (nSPS) is 24.3. The van der Waals surface area contributed by atoms with Gasteiger partial charge < -0.3 is 16.2 Å². The molecular weight excluding hydrogens is 218 g/mol. The molecule has 1 aliphatic carbocycles. The van der Waals surface area contributed by atoms with Crippen LogP contribution < -0.4 is 11.1 Å². The van der Waals surface area contributed by atoms with Crippen LogP contribution in [0, 0.1) is 0 Å². The highest BCUT2D eigenvalue weighted by Gasteiger charge is 2.25. The lowest BCUT2D eigenvalue weighted by molar-refractivity contribution is 0.0714. The van der Waals surface area contributed by atoms with E-state index in [0.717, 1.165) is 25.7 Å². The molecule has 1 saturated carbocycles. The summed E-state index contributed by atoms with van der Waals surface area (Å²) in [5.74, 6) is 0.0464. The van der Waals surface area contributed by atoms with E-state index in [9.17, 15) is 9.90 Å². The van der Waals surface area contributed by atoms with Crippen molar-refractivity contribution < 1.29 is 9.90 Å². The molecule has 2 rings (SSSR count). The Morgan fingerprint density at radius 3 is 2.88 bits per heavy atom. The Hall–Kier alpha value is -1.62. The van der Waals surface area contributed by atoms with Gasteiger partial charge in [0, 0.05) is 0 Å². The number of pyridine rings is 1. The molecule has 92 valence electrons. The Balaban J connectivity index is 2.01. The molecule has 1 heterocycles. The van der Waals surface area contributed by atoms with Crippen LogP contribution >= 0.6 is 0 Å². The van der Waals surface area contributed by atoms with Crippen molar-refractivity contribution in [3.05, 3.63) is 23.9 Å². The topological polar surface area (TPSA) is 88.2 Å². The number of nitrogens with zero attached hydrogens (tertiary/aromatic N) is 1. The Morgan fingerprint density at radius 2 is 2.18 bits per heavy atom. The zero-order chi connectivity index (χ0) is 12.3. The first-order valence-corrected chi connectivity index (χ1v) is 5.88. The van der Waals surface area contributed by atoms with Gasteiger partial charge in [-0.05, 0) is 25.0 Å². The third-order valence-electron chi connectivity index (χ3n) is 3.05. The molecule has 0 radical (unpaired) electrons. The van der Waals surface area contributed by atoms with Crippen molar-refractivity contribution in [1.29, 1.82) is 0 Å². The first-order chi connectivity index (χ1) is 8.16. The van der Waals surface area contributed by atoms with Gasteiger partial charge in [0.05, 0.1) is 12.1 Å². The predicted molar refractivity (Wildman–Crippen MR) is 64.4 cm³/mol. The van der Waals surface area contributed by atoms with Crippen LogP contribution in [-0.2, 0) is 0 Å². The van der Waals surface area contributed by atoms with Gasteiger partial charge in [0.1, 0.15) is 11.5 Å². The van der Waals surface area contributed by atoms with Crippen molar-refractivity contribution in [2.24, 2.45) is 0 Å². The van der Waals surface area contributed by atoms with Gasteiger partial charge in [0.15, 0.2) is 0 Å². The fourth-order valence-electron chi connectivity index (χ4n) is 2.10. The SMILES string of the molecule is Nc1cccc(C(=O)NC2CCCCC2O)n1. The van der Waals surface area contributed by atoms with E-state index in [2.05, 4.69) is 10.3 Å². The number of carbonyl (C=O) groups excluding carboxylic acids is 1. The number of aliphatic hydroxyl groups excluding tert-OH is 1. The highest BCUT2D eigenvalue weighted by atomic mass is 16.3. The number of rotatable bonds is 2. The second-order valence-corrected chi connectivity index (χ2v) is 4.38. The number of aliphatic hydroxyl groups is 1. The summed E-state index contributed by atoms with van der Waals surface area (Å²) in [7, 11) is 0. The molecule has 5 heteroatoms. The van der Waals surface area contributed by atoms with Crippen LogP contribution in [0.25, 0.3) is 0 Å². The van der Waals surface area contributed by atoms with Crippen LogP contribution in [-0.4, -0.2) is 28.1 Å². The number of hydrogen-bond donors (Lipinski definition) is 3. The van der Waals surface area contributed by atoms with E-state index in [1.165, 1.54) is 0 Å². The Labute approximate surface area is 100 Å². The summed E-state index contributed by atoms with van der Waals surface area (Å²) in [6.45, 7) is 0. The number of nitrogens with one attached hydrogen (secondary N) is 1. The van der Waals surface area contributed by atoms with Gasteiger partial charge in [-0.15, -0.1) is 0 Å². The van der Waals surface area contributed by atoms with Crippen molar-refractivity contribution in [2.45, 2.75) is 37.8 Å². The average Bonchev–Trinajstić information content (AvgIpc) is 2.32. The van der Waals surface area contributed by atoms with Gasteiger partial charge in [-0.25, -0.2) is 4.98 Å². The standard InChI is InChI=1S/C12H17N3O2/c13-11-7-3-5-9(14-11)12(17)15-8-4-1-2-6-10(8)16/h3,5,7-8,10,16H,1-2,4,6H2,(H2,13,14)(H,15,17). The summed E-state index contributed by atoms with van der Waals surface area (Å²) in [4.78, 5) is 15.8. The summed E-state index contributed by atoms with van der Waals surface area (Å²) in [6, 6.07) is 4.77. The number of aromatic nitrogens is 1. The minimum absolute atomic E-state index is 0.167. The third kappa shape index (κ3) is 2.94. The number of anilines is 1. The maximum atomic E-state index is 11.9. The van der Waals surface area contributed by atoms with E-state index >= 15 is 0 Å². The van der Waals surface area contributed by atoms with Gasteiger partial charge in [-0.3, -0.25) is 4.79 Å². The van der Waals surface area contributed by atoms with Crippen molar-refractivity contribution in [1.82, 2.24) is 10.3 Å². The van der Waals surface area contributed by atoms with Gasteiger partial charge in [-0.1, -0.05) is 18.9 Å². The lowest BCUT2D eigenvalue weighted by Gasteiger charge is -2.28. The summed E-state index contributed by atoms with van der Waals surface area (Å²) < 4.78 is 0. The van der Waals surface area contributed by atoms with Gasteiger partial charge in [-0.2, -0.15) is 0 Å². The van der Waals surface area contributed by atoms with Gasteiger partial charge in [0.25, 0.3) is 5.91 Å². The summed E-state index contributed by atoms with van der Waals surface area (Å²) >= 11 is 0. The molecule has 2 atom stereocenters. The number of hydrogen-bond acceptors (Lipinski definition) is 4. The third-order valence-corrected chi connectivity index (χ3v) is 3.05. The Morgan fingerprint density at radius 1 is 1.41 bits per heavy atom. The minimum Gasteiger partial charge on any atom is -0.391 e. The molecular formula is C12H17N3O2. The number of nitrogens with two attached hydrogens (primary N) is 1. The smallest absolute Gasteiger partial charge is 0.270 e.